The molecule has 1 aliphatic heterocycles. The van der Waals surface area contributed by atoms with E-state index in [4.69, 9.17) is 10.5 Å². The van der Waals surface area contributed by atoms with E-state index in [0.717, 1.165) is 24.0 Å². The smallest absolute Gasteiger partial charge is 0.181 e. The number of aromatic nitrogens is 3. The van der Waals surface area contributed by atoms with Crippen LogP contribution in [-0.2, 0) is 4.74 Å². The van der Waals surface area contributed by atoms with Gasteiger partial charge in [-0.3, -0.25) is 4.57 Å². The van der Waals surface area contributed by atoms with Crippen molar-refractivity contribution < 1.29 is 23.7 Å². The molecule has 0 spiro atoms. The fraction of sp³-hybridized carbons (Fsp3) is 0.538. The molecule has 1 aliphatic rings. The first kappa shape index (κ1) is 15.1. The number of fused-ring (bicyclic) bond motifs is 1. The SMILES string of the molecule is C[C@@H](O)[C@H]1O[C@@H](n2cc(F)c3c(N)ncnc32)[C@](C)(F)[C@@H]1O. The Morgan fingerprint density at radius 3 is 2.77 bits per heavy atom. The maximum absolute atomic E-state index is 14.9. The van der Waals surface area contributed by atoms with Crippen LogP contribution in [0.5, 0.6) is 0 Å². The van der Waals surface area contributed by atoms with Crippen molar-refractivity contribution in [1.29, 1.82) is 0 Å². The number of rotatable bonds is 2. The van der Waals surface area contributed by atoms with Gasteiger partial charge in [-0.2, -0.15) is 0 Å². The number of anilines is 1. The van der Waals surface area contributed by atoms with Crippen LogP contribution in [-0.4, -0.2) is 48.7 Å². The summed E-state index contributed by atoms with van der Waals surface area (Å²) < 4.78 is 35.5. The molecular formula is C13H16F2N4O3. The Labute approximate surface area is 124 Å². The van der Waals surface area contributed by atoms with Crippen LogP contribution in [0.1, 0.15) is 20.1 Å². The Balaban J connectivity index is 2.14. The Morgan fingerprint density at radius 1 is 1.50 bits per heavy atom. The molecule has 0 aromatic carbocycles. The lowest BCUT2D eigenvalue weighted by molar-refractivity contribution is -0.0795. The first-order valence-electron chi connectivity index (χ1n) is 6.72. The quantitative estimate of drug-likeness (QED) is 0.746. The topological polar surface area (TPSA) is 106 Å². The largest absolute Gasteiger partial charge is 0.391 e. The summed E-state index contributed by atoms with van der Waals surface area (Å²) in [5, 5.41) is 19.6. The van der Waals surface area contributed by atoms with Gasteiger partial charge in [0.15, 0.2) is 23.4 Å². The van der Waals surface area contributed by atoms with Crippen molar-refractivity contribution in [3.05, 3.63) is 18.3 Å². The van der Waals surface area contributed by atoms with Crippen LogP contribution in [0.2, 0.25) is 0 Å². The molecule has 120 valence electrons. The molecule has 3 heterocycles. The van der Waals surface area contributed by atoms with E-state index in [1.54, 1.807) is 0 Å². The summed E-state index contributed by atoms with van der Waals surface area (Å²) in [6, 6.07) is 0. The van der Waals surface area contributed by atoms with Crippen molar-refractivity contribution in [2.75, 3.05) is 5.73 Å². The maximum atomic E-state index is 14.9. The van der Waals surface area contributed by atoms with Gasteiger partial charge in [0, 0.05) is 6.20 Å². The fourth-order valence-electron chi connectivity index (χ4n) is 2.78. The summed E-state index contributed by atoms with van der Waals surface area (Å²) in [5.41, 5.74) is 3.41. The zero-order valence-corrected chi connectivity index (χ0v) is 11.9. The van der Waals surface area contributed by atoms with Gasteiger partial charge < -0.3 is 20.7 Å². The van der Waals surface area contributed by atoms with Gasteiger partial charge in [0.2, 0.25) is 0 Å². The van der Waals surface area contributed by atoms with E-state index < -0.39 is 36.0 Å². The maximum Gasteiger partial charge on any atom is 0.181 e. The Kier molecular flexibility index (Phi) is 3.31. The Hall–Kier alpha value is -1.84. The van der Waals surface area contributed by atoms with E-state index in [1.165, 1.54) is 6.92 Å². The van der Waals surface area contributed by atoms with E-state index in [0.29, 0.717) is 0 Å². The second-order valence-electron chi connectivity index (χ2n) is 5.63. The number of hydrogen-bond acceptors (Lipinski definition) is 6. The van der Waals surface area contributed by atoms with Gasteiger partial charge in [0.25, 0.3) is 0 Å². The van der Waals surface area contributed by atoms with Crippen molar-refractivity contribution in [1.82, 2.24) is 14.5 Å². The number of aliphatic hydroxyl groups excluding tert-OH is 2. The van der Waals surface area contributed by atoms with Gasteiger partial charge in [0.1, 0.15) is 24.4 Å². The normalized spacial score (nSPS) is 33.5. The van der Waals surface area contributed by atoms with Crippen LogP contribution >= 0.6 is 0 Å². The van der Waals surface area contributed by atoms with Crippen LogP contribution in [0.3, 0.4) is 0 Å². The van der Waals surface area contributed by atoms with Crippen LogP contribution in [0.15, 0.2) is 12.5 Å². The zero-order chi connectivity index (χ0) is 16.2. The molecule has 0 radical (unpaired) electrons. The fourth-order valence-corrected chi connectivity index (χ4v) is 2.78. The van der Waals surface area contributed by atoms with Crippen molar-refractivity contribution in [2.45, 2.75) is 44.1 Å². The summed E-state index contributed by atoms with van der Waals surface area (Å²) in [7, 11) is 0. The lowest BCUT2D eigenvalue weighted by Crippen LogP contribution is -2.42. The van der Waals surface area contributed by atoms with E-state index in [1.807, 2.05) is 0 Å². The molecule has 0 bridgehead atoms. The summed E-state index contributed by atoms with van der Waals surface area (Å²) in [4.78, 5) is 7.60. The lowest BCUT2D eigenvalue weighted by Gasteiger charge is -2.25. The van der Waals surface area contributed by atoms with Gasteiger partial charge in [0.05, 0.1) is 11.5 Å². The van der Waals surface area contributed by atoms with Gasteiger partial charge >= 0.3 is 0 Å². The molecule has 1 saturated heterocycles. The molecule has 1 fully saturated rings. The number of hydrogen-bond donors (Lipinski definition) is 3. The van der Waals surface area contributed by atoms with Gasteiger partial charge in [-0.25, -0.2) is 18.7 Å². The average molecular weight is 314 g/mol. The minimum absolute atomic E-state index is 0.0445. The van der Waals surface area contributed by atoms with Crippen LogP contribution in [0, 0.1) is 5.82 Å². The molecule has 9 heteroatoms. The summed E-state index contributed by atoms with van der Waals surface area (Å²) in [6.45, 7) is 2.50. The number of nitrogens with zero attached hydrogens (tertiary/aromatic N) is 3. The Morgan fingerprint density at radius 2 is 2.18 bits per heavy atom. The molecule has 0 saturated carbocycles. The van der Waals surface area contributed by atoms with E-state index in [9.17, 15) is 19.0 Å². The van der Waals surface area contributed by atoms with Crippen molar-refractivity contribution in [3.8, 4) is 0 Å². The summed E-state index contributed by atoms with van der Waals surface area (Å²) >= 11 is 0. The van der Waals surface area contributed by atoms with Crippen LogP contribution in [0.25, 0.3) is 11.0 Å². The van der Waals surface area contributed by atoms with Crippen molar-refractivity contribution in [3.63, 3.8) is 0 Å². The second kappa shape index (κ2) is 4.83. The summed E-state index contributed by atoms with van der Waals surface area (Å²) in [5.74, 6) is -0.796. The van der Waals surface area contributed by atoms with Gasteiger partial charge in [-0.1, -0.05) is 0 Å². The third kappa shape index (κ3) is 1.97. The second-order valence-corrected chi connectivity index (χ2v) is 5.63. The molecule has 3 rings (SSSR count). The highest BCUT2D eigenvalue weighted by atomic mass is 19.1. The number of alkyl halides is 1. The van der Waals surface area contributed by atoms with E-state index >= 15 is 0 Å². The van der Waals surface area contributed by atoms with Gasteiger partial charge in [-0.15, -0.1) is 0 Å². The molecule has 2 aromatic rings. The highest BCUT2D eigenvalue weighted by Gasteiger charge is 2.56. The molecule has 0 aliphatic carbocycles. The summed E-state index contributed by atoms with van der Waals surface area (Å²) in [6.07, 6.45) is -3.04. The zero-order valence-electron chi connectivity index (χ0n) is 11.9. The number of halogens is 2. The molecule has 0 unspecified atom stereocenters. The molecular weight excluding hydrogens is 298 g/mol. The lowest BCUT2D eigenvalue weighted by atomic mass is 9.96. The monoisotopic (exact) mass is 314 g/mol. The van der Waals surface area contributed by atoms with E-state index in [2.05, 4.69) is 9.97 Å². The molecule has 22 heavy (non-hydrogen) atoms. The standard InChI is InChI=1S/C13H16F2N4O3/c1-5(20)8-9(21)13(2,15)12(22-8)19-3-6(14)7-10(16)17-4-18-11(7)19/h3-5,8-9,12,20-21H,1-2H3,(H2,16,17,18)/t5-,8-,9-,12-,13-/m1/s1. The third-order valence-corrected chi connectivity index (χ3v) is 3.98. The molecule has 4 N–H and O–H groups in total. The predicted molar refractivity (Wildman–Crippen MR) is 73.0 cm³/mol. The first-order chi connectivity index (χ1) is 10.2. The molecule has 7 nitrogen and oxygen atoms in total. The number of aliphatic hydroxyl groups is 2. The first-order valence-corrected chi connectivity index (χ1v) is 6.72. The number of nitrogen functional groups attached to an aromatic ring is 1. The minimum atomic E-state index is -2.25. The average Bonchev–Trinajstić information content (AvgIpc) is 2.87. The van der Waals surface area contributed by atoms with E-state index in [-0.39, 0.29) is 16.9 Å². The van der Waals surface area contributed by atoms with Crippen LogP contribution < -0.4 is 5.73 Å². The highest BCUT2D eigenvalue weighted by Crippen LogP contribution is 2.44. The van der Waals surface area contributed by atoms with Crippen molar-refractivity contribution >= 4 is 16.9 Å². The predicted octanol–water partition coefficient (Wildman–Crippen LogP) is 0.520. The molecule has 5 atom stereocenters. The Bertz CT molecular complexity index is 719. The number of nitrogens with two attached hydrogens (primary N) is 1. The van der Waals surface area contributed by atoms with Gasteiger partial charge in [-0.05, 0) is 13.8 Å². The van der Waals surface area contributed by atoms with Crippen molar-refractivity contribution in [2.24, 2.45) is 0 Å². The minimum Gasteiger partial charge on any atom is -0.391 e. The number of ether oxygens (including phenoxy) is 1. The third-order valence-electron chi connectivity index (χ3n) is 3.98. The highest BCUT2D eigenvalue weighted by molar-refractivity contribution is 5.86. The van der Waals surface area contributed by atoms with Crippen LogP contribution in [0.4, 0.5) is 14.6 Å². The molecule has 0 amide bonds. The molecule has 2 aromatic heterocycles.